The Bertz CT molecular complexity index is 540. The molecule has 166 valence electrons. The van der Waals surface area contributed by atoms with Gasteiger partial charge in [0.15, 0.2) is 10.1 Å². The van der Waals surface area contributed by atoms with Gasteiger partial charge in [-0.05, 0) is 27.7 Å². The molecule has 0 N–H and O–H groups in total. The summed E-state index contributed by atoms with van der Waals surface area (Å²) < 4.78 is 139. The van der Waals surface area contributed by atoms with Gasteiger partial charge in [-0.2, -0.15) is 39.5 Å². The van der Waals surface area contributed by atoms with Crippen LogP contribution >= 0.6 is 0 Å². The van der Waals surface area contributed by atoms with Crippen molar-refractivity contribution < 1.29 is 57.0 Å². The minimum atomic E-state index is -7.28. The Morgan fingerprint density at radius 1 is 0.741 bits per heavy atom. The lowest BCUT2D eigenvalue weighted by Gasteiger charge is -2.34. The second-order valence-electron chi connectivity index (χ2n) is 5.65. The molecule has 0 spiro atoms. The zero-order valence-electron chi connectivity index (χ0n) is 15.0. The van der Waals surface area contributed by atoms with Crippen LogP contribution in [0.5, 0.6) is 0 Å². The van der Waals surface area contributed by atoms with Crippen molar-refractivity contribution in [3.05, 3.63) is 0 Å². The molecule has 4 nitrogen and oxygen atoms in total. The van der Waals surface area contributed by atoms with Gasteiger partial charge in [-0.25, -0.2) is 8.42 Å². The Hall–Kier alpha value is -0.760. The summed E-state index contributed by atoms with van der Waals surface area (Å²) in [7, 11) is -7.28. The van der Waals surface area contributed by atoms with Gasteiger partial charge >= 0.3 is 23.3 Å². The summed E-state index contributed by atoms with van der Waals surface area (Å²) in [5.74, 6) is -13.5. The summed E-state index contributed by atoms with van der Waals surface area (Å²) in [6, 6.07) is 0. The van der Waals surface area contributed by atoms with Gasteiger partial charge in [0, 0.05) is 0 Å². The summed E-state index contributed by atoms with van der Waals surface area (Å²) in [5.41, 5.74) is 0. The van der Waals surface area contributed by atoms with Crippen LogP contribution in [0, 0.1) is 0 Å². The van der Waals surface area contributed by atoms with Crippen LogP contribution in [0.15, 0.2) is 0 Å². The lowest BCUT2D eigenvalue weighted by atomic mass is 10.1. The monoisotopic (exact) mass is 443 g/mol. The van der Waals surface area contributed by atoms with Gasteiger partial charge in [-0.1, -0.05) is 0 Å². The largest absolute Gasteiger partial charge is 0.743 e. The first-order valence-corrected chi connectivity index (χ1v) is 9.11. The van der Waals surface area contributed by atoms with Crippen LogP contribution in [0.4, 0.5) is 39.5 Å². The Balaban J connectivity index is 0. The number of nitrogens with zero attached hydrogens (tertiary/aromatic N) is 1. The fraction of sp³-hybridized carbons (Fsp3) is 1.00. The second kappa shape index (κ2) is 9.16. The van der Waals surface area contributed by atoms with Gasteiger partial charge in [0.1, 0.15) is 6.42 Å². The van der Waals surface area contributed by atoms with Gasteiger partial charge < -0.3 is 9.04 Å². The molecular formula is C13H22F9NO3S. The van der Waals surface area contributed by atoms with Crippen LogP contribution in [0.3, 0.4) is 0 Å². The van der Waals surface area contributed by atoms with E-state index in [0.29, 0.717) is 0 Å². The van der Waals surface area contributed by atoms with E-state index in [1.165, 1.54) is 30.7 Å². The molecule has 0 saturated heterocycles. The molecule has 0 unspecified atom stereocenters. The predicted molar refractivity (Wildman–Crippen MR) is 77.6 cm³/mol. The fourth-order valence-electron chi connectivity index (χ4n) is 2.07. The maximum absolute atomic E-state index is 12.4. The molecule has 0 atom stereocenters. The molecule has 0 bridgehead atoms. The smallest absolute Gasteiger partial charge is 0.402 e. The van der Waals surface area contributed by atoms with Gasteiger partial charge in [0.05, 0.1) is 26.2 Å². The Morgan fingerprint density at radius 3 is 1.19 bits per heavy atom. The highest BCUT2D eigenvalue weighted by molar-refractivity contribution is 7.86. The first kappa shape index (κ1) is 28.4. The normalized spacial score (nSPS) is 14.6. The van der Waals surface area contributed by atoms with E-state index in [1.807, 2.05) is 0 Å². The number of quaternary nitrogens is 1. The van der Waals surface area contributed by atoms with Crippen LogP contribution in [0.2, 0.25) is 0 Å². The van der Waals surface area contributed by atoms with E-state index in [4.69, 9.17) is 0 Å². The van der Waals surface area contributed by atoms with Crippen LogP contribution < -0.4 is 0 Å². The van der Waals surface area contributed by atoms with E-state index in [0.717, 1.165) is 0 Å². The van der Waals surface area contributed by atoms with Crippen molar-refractivity contribution in [2.45, 2.75) is 57.4 Å². The molecule has 0 rings (SSSR count). The van der Waals surface area contributed by atoms with Crippen molar-refractivity contribution in [1.29, 1.82) is 0 Å². The Labute approximate surface area is 151 Å². The molecule has 0 aliphatic heterocycles. The first-order valence-electron chi connectivity index (χ1n) is 7.71. The third-order valence-corrected chi connectivity index (χ3v) is 5.13. The summed E-state index contributed by atoms with van der Waals surface area (Å²) in [4.78, 5) is 0. The van der Waals surface area contributed by atoms with Gasteiger partial charge in [-0.15, -0.1) is 0 Å². The number of hydrogen-bond acceptors (Lipinski definition) is 3. The standard InChI is InChI=1S/C8H20N.C5H3F9O3S/c1-5-9(6-2,7-3)8-4;6-2(7,1-3(8,9)10)4(11,12)5(13,14)18(15,16)17/h5-8H2,1-4H3;1H2,(H,15,16,17)/q+1;/p-1. The van der Waals surface area contributed by atoms with E-state index < -0.39 is 39.8 Å². The molecule has 27 heavy (non-hydrogen) atoms. The van der Waals surface area contributed by atoms with Crippen molar-refractivity contribution in [2.24, 2.45) is 0 Å². The van der Waals surface area contributed by atoms with E-state index in [1.54, 1.807) is 0 Å². The molecule has 0 aromatic carbocycles. The van der Waals surface area contributed by atoms with E-state index in [-0.39, 0.29) is 0 Å². The third-order valence-electron chi connectivity index (χ3n) is 4.24. The first-order chi connectivity index (χ1) is 11.7. The lowest BCUT2D eigenvalue weighted by Crippen LogP contribution is -2.58. The van der Waals surface area contributed by atoms with Crippen molar-refractivity contribution >= 4 is 10.1 Å². The van der Waals surface area contributed by atoms with Gasteiger partial charge in [0.25, 0.3) is 0 Å². The zero-order chi connectivity index (χ0) is 22.5. The van der Waals surface area contributed by atoms with Crippen molar-refractivity contribution in [2.75, 3.05) is 26.2 Å². The molecule has 0 aliphatic carbocycles. The topological polar surface area (TPSA) is 57.2 Å². The highest BCUT2D eigenvalue weighted by Crippen LogP contribution is 2.51. The highest BCUT2D eigenvalue weighted by Gasteiger charge is 2.76. The maximum Gasteiger partial charge on any atom is 0.402 e. The SMILES string of the molecule is CC[N+](CC)(CC)CC.O=S(=O)([O-])C(F)(F)C(F)(F)C(F)(F)CC(F)(F)F. The predicted octanol–water partition coefficient (Wildman–Crippen LogP) is 4.23. The zero-order valence-corrected chi connectivity index (χ0v) is 15.8. The van der Waals surface area contributed by atoms with Crippen LogP contribution in [0.1, 0.15) is 34.1 Å². The number of rotatable bonds is 8. The molecule has 0 aliphatic rings. The maximum atomic E-state index is 12.4. The van der Waals surface area contributed by atoms with E-state index in [2.05, 4.69) is 27.7 Å². The average Bonchev–Trinajstić information content (AvgIpc) is 2.47. The van der Waals surface area contributed by atoms with E-state index in [9.17, 15) is 52.5 Å². The van der Waals surface area contributed by atoms with Crippen molar-refractivity contribution in [3.8, 4) is 0 Å². The number of alkyl halides is 9. The summed E-state index contributed by atoms with van der Waals surface area (Å²) in [6.45, 7) is 14.2. The van der Waals surface area contributed by atoms with Crippen LogP contribution in [-0.2, 0) is 10.1 Å². The molecule has 14 heteroatoms. The third kappa shape index (κ3) is 6.97. The average molecular weight is 443 g/mol. The fourth-order valence-corrected chi connectivity index (χ4v) is 2.54. The summed E-state index contributed by atoms with van der Waals surface area (Å²) in [5, 5.41) is -6.88. The second-order valence-corrected chi connectivity index (χ2v) is 7.07. The van der Waals surface area contributed by atoms with E-state index >= 15 is 0 Å². The molecule has 0 radical (unpaired) electrons. The van der Waals surface area contributed by atoms with Crippen molar-refractivity contribution in [3.63, 3.8) is 0 Å². The quantitative estimate of drug-likeness (QED) is 0.321. The number of halogens is 9. The molecule has 0 aromatic heterocycles. The van der Waals surface area contributed by atoms with Crippen molar-refractivity contribution in [1.82, 2.24) is 0 Å². The van der Waals surface area contributed by atoms with Gasteiger partial charge in [0.2, 0.25) is 0 Å². The Morgan fingerprint density at radius 2 is 1.04 bits per heavy atom. The molecule has 0 fully saturated rings. The lowest BCUT2D eigenvalue weighted by molar-refractivity contribution is -0.921. The van der Waals surface area contributed by atoms with Crippen LogP contribution in [-0.4, -0.2) is 66.9 Å². The Kier molecular flexibility index (Phi) is 9.65. The number of hydrogen-bond donors (Lipinski definition) is 0. The van der Waals surface area contributed by atoms with Gasteiger partial charge in [-0.3, -0.25) is 0 Å². The molecule has 0 amide bonds. The summed E-state index contributed by atoms with van der Waals surface area (Å²) in [6.07, 6.45) is -9.69. The van der Waals surface area contributed by atoms with Crippen LogP contribution in [0.25, 0.3) is 0 Å². The molecular weight excluding hydrogens is 421 g/mol. The minimum absolute atomic E-state index is 1.28. The minimum Gasteiger partial charge on any atom is -0.743 e. The molecule has 0 aromatic rings. The molecule has 0 heterocycles. The summed E-state index contributed by atoms with van der Waals surface area (Å²) >= 11 is 0. The highest BCUT2D eigenvalue weighted by atomic mass is 32.2. The molecule has 0 saturated carbocycles.